The van der Waals surface area contributed by atoms with Gasteiger partial charge in [0.15, 0.2) is 0 Å². The second-order valence-corrected chi connectivity index (χ2v) is 7.58. The quantitative estimate of drug-likeness (QED) is 0.315. The Balaban J connectivity index is 2.71. The number of hydrogen-bond acceptors (Lipinski definition) is 9. The maximum absolute atomic E-state index is 12.2. The first-order valence-electron chi connectivity index (χ1n) is 8.24. The summed E-state index contributed by atoms with van der Waals surface area (Å²) in [5.74, 6) is 0.229. The second-order valence-electron chi connectivity index (χ2n) is 7.58. The normalized spacial score (nSPS) is 23.7. The van der Waals surface area contributed by atoms with Crippen molar-refractivity contribution in [1.29, 1.82) is 0 Å². The summed E-state index contributed by atoms with van der Waals surface area (Å²) >= 11 is 0. The molecule has 0 aliphatic carbocycles. The maximum atomic E-state index is 12.2. The topological polar surface area (TPSA) is 154 Å². The lowest BCUT2D eigenvalue weighted by Crippen LogP contribution is -2.50. The van der Waals surface area contributed by atoms with E-state index >= 15 is 0 Å². The Hall–Kier alpha value is -1.27. The lowest BCUT2D eigenvalue weighted by molar-refractivity contribution is -0.190. The minimum atomic E-state index is -1.78. The van der Waals surface area contributed by atoms with Crippen LogP contribution in [0.1, 0.15) is 27.7 Å². The molecule has 10 nitrogen and oxygen atoms in total. The molecule has 0 aromatic heterocycles. The number of hydrogen-bond donors (Lipinski definition) is 6. The Bertz CT molecular complexity index is 536. The molecule has 0 spiro atoms. The summed E-state index contributed by atoms with van der Waals surface area (Å²) < 4.78 is 5.31. The SMILES string of the molecule is CN(CC(O)C(O)C(O)C(O)CO)C(=O)OC1=CC(C)(C)N(O)C1(C)C. The summed E-state index contributed by atoms with van der Waals surface area (Å²) in [5.41, 5.74) is -1.68. The number of likely N-dealkylation sites (N-methyl/N-ethyl adjacent to an activating group) is 1. The highest BCUT2D eigenvalue weighted by Gasteiger charge is 2.47. The molecule has 1 aliphatic rings. The Morgan fingerprint density at radius 1 is 1.15 bits per heavy atom. The van der Waals surface area contributed by atoms with Crippen molar-refractivity contribution in [3.05, 3.63) is 11.8 Å². The molecule has 4 atom stereocenters. The number of aliphatic hydroxyl groups excluding tert-OH is 5. The third-order valence-corrected chi connectivity index (χ3v) is 4.46. The van der Waals surface area contributed by atoms with Crippen molar-refractivity contribution in [3.63, 3.8) is 0 Å². The van der Waals surface area contributed by atoms with Crippen LogP contribution in [0.4, 0.5) is 4.79 Å². The van der Waals surface area contributed by atoms with Crippen LogP contribution in [-0.4, -0.2) is 102 Å². The Morgan fingerprint density at radius 3 is 2.08 bits per heavy atom. The van der Waals surface area contributed by atoms with Gasteiger partial charge in [0.2, 0.25) is 0 Å². The van der Waals surface area contributed by atoms with Crippen molar-refractivity contribution in [2.45, 2.75) is 63.2 Å². The largest absolute Gasteiger partial charge is 0.414 e. The zero-order valence-electron chi connectivity index (χ0n) is 15.7. The van der Waals surface area contributed by atoms with Crippen molar-refractivity contribution >= 4 is 6.09 Å². The van der Waals surface area contributed by atoms with Gasteiger partial charge in [0.25, 0.3) is 0 Å². The van der Waals surface area contributed by atoms with Crippen LogP contribution in [0, 0.1) is 0 Å². The molecule has 26 heavy (non-hydrogen) atoms. The van der Waals surface area contributed by atoms with Gasteiger partial charge in [-0.25, -0.2) is 4.79 Å². The second kappa shape index (κ2) is 8.17. The zero-order valence-corrected chi connectivity index (χ0v) is 15.7. The van der Waals surface area contributed by atoms with Gasteiger partial charge in [0, 0.05) is 7.05 Å². The minimum absolute atomic E-state index is 0.229. The fourth-order valence-electron chi connectivity index (χ4n) is 2.74. The van der Waals surface area contributed by atoms with E-state index in [4.69, 9.17) is 9.84 Å². The summed E-state index contributed by atoms with van der Waals surface area (Å²) in [6.45, 7) is 5.65. The number of nitrogens with zero attached hydrogens (tertiary/aromatic N) is 2. The number of rotatable bonds is 7. The molecule has 4 unspecified atom stereocenters. The van der Waals surface area contributed by atoms with Crippen molar-refractivity contribution < 1.29 is 40.3 Å². The van der Waals surface area contributed by atoms with E-state index in [0.717, 1.165) is 9.96 Å². The fraction of sp³-hybridized carbons (Fsp3) is 0.812. The highest BCUT2D eigenvalue weighted by molar-refractivity contribution is 5.69. The molecule has 1 rings (SSSR count). The standard InChI is InChI=1S/C16H30N2O8/c1-15(2)6-11(16(3,4)18(15)25)26-14(24)17(5)7-9(20)12(22)13(23)10(21)8-19/h6,9-10,12-13,19-23,25H,7-8H2,1-5H3. The minimum Gasteiger partial charge on any atom is -0.413 e. The van der Waals surface area contributed by atoms with E-state index in [-0.39, 0.29) is 5.76 Å². The van der Waals surface area contributed by atoms with E-state index in [0.29, 0.717) is 0 Å². The molecule has 6 N–H and O–H groups in total. The van der Waals surface area contributed by atoms with E-state index < -0.39 is 54.7 Å². The third kappa shape index (κ3) is 4.71. The zero-order chi connectivity index (χ0) is 20.4. The highest BCUT2D eigenvalue weighted by atomic mass is 16.6. The lowest BCUT2D eigenvalue weighted by Gasteiger charge is -2.35. The molecule has 152 valence electrons. The molecule has 0 saturated heterocycles. The van der Waals surface area contributed by atoms with Gasteiger partial charge in [0.05, 0.1) is 24.2 Å². The van der Waals surface area contributed by atoms with E-state index in [1.165, 1.54) is 7.05 Å². The summed E-state index contributed by atoms with van der Waals surface area (Å²) in [5, 5.41) is 58.6. The third-order valence-electron chi connectivity index (χ3n) is 4.46. The fourth-order valence-corrected chi connectivity index (χ4v) is 2.74. The molecule has 0 radical (unpaired) electrons. The molecule has 10 heteroatoms. The first-order valence-corrected chi connectivity index (χ1v) is 8.24. The van der Waals surface area contributed by atoms with Gasteiger partial charge in [0.1, 0.15) is 30.2 Å². The van der Waals surface area contributed by atoms with Crippen molar-refractivity contribution in [1.82, 2.24) is 9.96 Å². The van der Waals surface area contributed by atoms with Crippen LogP contribution >= 0.6 is 0 Å². The highest BCUT2D eigenvalue weighted by Crippen LogP contribution is 2.38. The van der Waals surface area contributed by atoms with Gasteiger partial charge >= 0.3 is 6.09 Å². The predicted molar refractivity (Wildman–Crippen MR) is 90.1 cm³/mol. The van der Waals surface area contributed by atoms with Crippen LogP contribution < -0.4 is 0 Å². The van der Waals surface area contributed by atoms with E-state index in [1.807, 2.05) is 0 Å². The molecule has 1 amide bonds. The Kier molecular flexibility index (Phi) is 7.16. The van der Waals surface area contributed by atoms with Crippen LogP contribution in [0.3, 0.4) is 0 Å². The number of carbonyl (C=O) groups excluding carboxylic acids is 1. The molecule has 1 aliphatic heterocycles. The Morgan fingerprint density at radius 2 is 1.65 bits per heavy atom. The number of aliphatic hydroxyl groups is 5. The van der Waals surface area contributed by atoms with Crippen molar-refractivity contribution in [3.8, 4) is 0 Å². The van der Waals surface area contributed by atoms with E-state index in [1.54, 1.807) is 33.8 Å². The van der Waals surface area contributed by atoms with Gasteiger partial charge in [-0.15, -0.1) is 0 Å². The van der Waals surface area contributed by atoms with Gasteiger partial charge in [-0.2, -0.15) is 5.06 Å². The van der Waals surface area contributed by atoms with Gasteiger partial charge in [-0.1, -0.05) is 0 Å². The van der Waals surface area contributed by atoms with Crippen LogP contribution in [0.25, 0.3) is 0 Å². The van der Waals surface area contributed by atoms with E-state index in [9.17, 15) is 30.4 Å². The molecule has 0 saturated carbocycles. The molecule has 0 aromatic rings. The first-order chi connectivity index (χ1) is 11.8. The summed E-state index contributed by atoms with van der Waals surface area (Å²) in [7, 11) is 1.32. The average Bonchev–Trinajstić information content (AvgIpc) is 2.71. The van der Waals surface area contributed by atoms with Crippen LogP contribution in [0.15, 0.2) is 11.8 Å². The molecule has 0 fully saturated rings. The van der Waals surface area contributed by atoms with Gasteiger partial charge in [-0.05, 0) is 33.8 Å². The lowest BCUT2D eigenvalue weighted by atomic mass is 10.0. The van der Waals surface area contributed by atoms with Crippen LogP contribution in [0.2, 0.25) is 0 Å². The summed E-state index contributed by atoms with van der Waals surface area (Å²) in [6, 6.07) is 0. The predicted octanol–water partition coefficient (Wildman–Crippen LogP) is -1.36. The maximum Gasteiger partial charge on any atom is 0.414 e. The monoisotopic (exact) mass is 378 g/mol. The summed E-state index contributed by atoms with van der Waals surface area (Å²) in [4.78, 5) is 13.2. The van der Waals surface area contributed by atoms with Gasteiger partial charge < -0.3 is 40.4 Å². The number of hydroxylamine groups is 2. The van der Waals surface area contributed by atoms with Crippen LogP contribution in [0.5, 0.6) is 0 Å². The van der Waals surface area contributed by atoms with Gasteiger partial charge in [-0.3, -0.25) is 0 Å². The molecule has 0 aromatic carbocycles. The van der Waals surface area contributed by atoms with E-state index in [2.05, 4.69) is 0 Å². The molecular weight excluding hydrogens is 348 g/mol. The summed E-state index contributed by atoms with van der Waals surface area (Å²) in [6.07, 6.45) is -6.00. The average molecular weight is 378 g/mol. The smallest absolute Gasteiger partial charge is 0.413 e. The molecule has 0 bridgehead atoms. The molecule has 1 heterocycles. The number of ether oxygens (including phenoxy) is 1. The molecular formula is C16H30N2O8. The van der Waals surface area contributed by atoms with Crippen molar-refractivity contribution in [2.75, 3.05) is 20.2 Å². The van der Waals surface area contributed by atoms with Crippen LogP contribution in [-0.2, 0) is 4.74 Å². The first kappa shape index (κ1) is 22.8. The number of carbonyl (C=O) groups is 1. The number of amides is 1. The Labute approximate surface area is 152 Å². The van der Waals surface area contributed by atoms with Crippen molar-refractivity contribution in [2.24, 2.45) is 0 Å².